The number of alkyl halides is 1. The van der Waals surface area contributed by atoms with Crippen LogP contribution in [0.2, 0.25) is 0 Å². The highest BCUT2D eigenvalue weighted by molar-refractivity contribution is 5.43. The summed E-state index contributed by atoms with van der Waals surface area (Å²) in [6.07, 6.45) is -1.06. The predicted octanol–water partition coefficient (Wildman–Crippen LogP) is 2.75. The van der Waals surface area contributed by atoms with E-state index in [2.05, 4.69) is 0 Å². The van der Waals surface area contributed by atoms with E-state index in [1.807, 2.05) is 19.1 Å². The van der Waals surface area contributed by atoms with Crippen LogP contribution in [0.1, 0.15) is 37.2 Å². The Kier molecular flexibility index (Phi) is 3.47. The molecule has 1 aromatic rings. The van der Waals surface area contributed by atoms with Gasteiger partial charge >= 0.3 is 0 Å². The van der Waals surface area contributed by atoms with E-state index in [9.17, 15) is 4.39 Å². The van der Waals surface area contributed by atoms with Gasteiger partial charge in [-0.1, -0.05) is 12.1 Å². The lowest BCUT2D eigenvalue weighted by Gasteiger charge is -2.16. The number of ether oxygens (including phenoxy) is 1. The number of rotatable bonds is 3. The Morgan fingerprint density at radius 1 is 1.36 bits per heavy atom. The fraction of sp³-hybridized carbons (Fsp3) is 0.455. The van der Waals surface area contributed by atoms with Gasteiger partial charge < -0.3 is 10.5 Å². The van der Waals surface area contributed by atoms with E-state index in [4.69, 9.17) is 10.5 Å². The van der Waals surface area contributed by atoms with Crippen molar-refractivity contribution in [2.75, 3.05) is 7.11 Å². The zero-order valence-corrected chi connectivity index (χ0v) is 8.75. The van der Waals surface area contributed by atoms with Crippen LogP contribution < -0.4 is 10.5 Å². The number of methoxy groups -OCH3 is 1. The molecule has 0 saturated carbocycles. The molecule has 2 atom stereocenters. The summed E-state index contributed by atoms with van der Waals surface area (Å²) in [4.78, 5) is 0. The van der Waals surface area contributed by atoms with Crippen molar-refractivity contribution in [2.24, 2.45) is 5.73 Å². The van der Waals surface area contributed by atoms with Crippen LogP contribution >= 0.6 is 0 Å². The second kappa shape index (κ2) is 4.42. The summed E-state index contributed by atoms with van der Waals surface area (Å²) < 4.78 is 18.5. The van der Waals surface area contributed by atoms with E-state index in [0.717, 1.165) is 5.56 Å². The van der Waals surface area contributed by atoms with Crippen LogP contribution in [0.3, 0.4) is 0 Å². The van der Waals surface area contributed by atoms with Gasteiger partial charge in [-0.25, -0.2) is 4.39 Å². The highest BCUT2D eigenvalue weighted by Crippen LogP contribution is 2.33. The standard InChI is InChI=1S/C11H16FNO/c1-7(12)11-9(8(2)13)5-4-6-10(11)14-3/h4-8H,13H2,1-3H3. The first-order valence-electron chi connectivity index (χ1n) is 4.64. The highest BCUT2D eigenvalue weighted by Gasteiger charge is 2.16. The molecule has 0 spiro atoms. The van der Waals surface area contributed by atoms with Gasteiger partial charge in [-0.15, -0.1) is 0 Å². The molecule has 0 aliphatic rings. The zero-order valence-electron chi connectivity index (χ0n) is 8.75. The van der Waals surface area contributed by atoms with E-state index < -0.39 is 6.17 Å². The number of hydrogen-bond donors (Lipinski definition) is 1. The van der Waals surface area contributed by atoms with Crippen LogP contribution in [0.25, 0.3) is 0 Å². The first kappa shape index (κ1) is 11.0. The van der Waals surface area contributed by atoms with Crippen molar-refractivity contribution in [3.63, 3.8) is 0 Å². The molecule has 0 aromatic heterocycles. The maximum Gasteiger partial charge on any atom is 0.126 e. The molecule has 2 nitrogen and oxygen atoms in total. The molecule has 0 saturated heterocycles. The van der Waals surface area contributed by atoms with E-state index in [-0.39, 0.29) is 6.04 Å². The molecule has 2 N–H and O–H groups in total. The molecule has 0 fully saturated rings. The molecule has 0 amide bonds. The Labute approximate surface area is 83.9 Å². The molecule has 0 bridgehead atoms. The highest BCUT2D eigenvalue weighted by atomic mass is 19.1. The summed E-state index contributed by atoms with van der Waals surface area (Å²) in [6, 6.07) is 5.22. The lowest BCUT2D eigenvalue weighted by Crippen LogP contribution is -2.10. The summed E-state index contributed by atoms with van der Waals surface area (Å²) >= 11 is 0. The topological polar surface area (TPSA) is 35.2 Å². The quantitative estimate of drug-likeness (QED) is 0.808. The average molecular weight is 197 g/mol. The van der Waals surface area contributed by atoms with Crippen molar-refractivity contribution >= 4 is 0 Å². The van der Waals surface area contributed by atoms with Crippen molar-refractivity contribution in [2.45, 2.75) is 26.1 Å². The minimum absolute atomic E-state index is 0.182. The zero-order chi connectivity index (χ0) is 10.7. The van der Waals surface area contributed by atoms with Gasteiger partial charge in [-0.2, -0.15) is 0 Å². The lowest BCUT2D eigenvalue weighted by molar-refractivity contribution is 0.343. The van der Waals surface area contributed by atoms with Crippen molar-refractivity contribution in [1.82, 2.24) is 0 Å². The third-order valence-corrected chi connectivity index (χ3v) is 2.21. The number of hydrogen-bond acceptors (Lipinski definition) is 2. The molecule has 3 heteroatoms. The number of nitrogens with two attached hydrogens (primary N) is 1. The van der Waals surface area contributed by atoms with E-state index in [0.29, 0.717) is 11.3 Å². The number of benzene rings is 1. The van der Waals surface area contributed by atoms with Gasteiger partial charge in [0.05, 0.1) is 7.11 Å². The van der Waals surface area contributed by atoms with Gasteiger partial charge in [0.25, 0.3) is 0 Å². The van der Waals surface area contributed by atoms with E-state index in [1.165, 1.54) is 14.0 Å². The van der Waals surface area contributed by atoms with E-state index >= 15 is 0 Å². The largest absolute Gasteiger partial charge is 0.496 e. The van der Waals surface area contributed by atoms with Gasteiger partial charge in [0, 0.05) is 11.6 Å². The molecule has 0 radical (unpaired) electrons. The summed E-state index contributed by atoms with van der Waals surface area (Å²) in [6.45, 7) is 3.32. The maximum atomic E-state index is 13.4. The Morgan fingerprint density at radius 3 is 2.43 bits per heavy atom. The van der Waals surface area contributed by atoms with Crippen LogP contribution in [-0.2, 0) is 0 Å². The Balaban J connectivity index is 3.28. The van der Waals surface area contributed by atoms with E-state index in [1.54, 1.807) is 6.07 Å². The Hall–Kier alpha value is -1.09. The van der Waals surface area contributed by atoms with Gasteiger partial charge in [0.2, 0.25) is 0 Å². The third-order valence-electron chi connectivity index (χ3n) is 2.21. The Morgan fingerprint density at radius 2 is 2.00 bits per heavy atom. The molecule has 1 aromatic carbocycles. The van der Waals surface area contributed by atoms with Crippen molar-refractivity contribution in [3.05, 3.63) is 29.3 Å². The van der Waals surface area contributed by atoms with Crippen molar-refractivity contribution in [1.29, 1.82) is 0 Å². The van der Waals surface area contributed by atoms with Gasteiger partial charge in [0.15, 0.2) is 0 Å². The molecule has 2 unspecified atom stereocenters. The van der Waals surface area contributed by atoms with Crippen molar-refractivity contribution < 1.29 is 9.13 Å². The fourth-order valence-corrected chi connectivity index (χ4v) is 1.56. The third kappa shape index (κ3) is 2.04. The molecular weight excluding hydrogens is 181 g/mol. The summed E-state index contributed by atoms with van der Waals surface area (Å²) in [5.74, 6) is 0.565. The minimum Gasteiger partial charge on any atom is -0.496 e. The monoisotopic (exact) mass is 197 g/mol. The van der Waals surface area contributed by atoms with Gasteiger partial charge in [-0.3, -0.25) is 0 Å². The first-order chi connectivity index (χ1) is 6.57. The second-order valence-electron chi connectivity index (χ2n) is 3.37. The van der Waals surface area contributed by atoms with Crippen molar-refractivity contribution in [3.8, 4) is 5.75 Å². The molecule has 0 aliphatic heterocycles. The predicted molar refractivity (Wildman–Crippen MR) is 55.1 cm³/mol. The maximum absolute atomic E-state index is 13.4. The summed E-state index contributed by atoms with van der Waals surface area (Å²) in [5.41, 5.74) is 7.12. The summed E-state index contributed by atoms with van der Waals surface area (Å²) in [7, 11) is 1.53. The van der Waals surface area contributed by atoms with Crippen LogP contribution in [0, 0.1) is 0 Å². The molecule has 1 rings (SSSR count). The Bertz CT molecular complexity index is 310. The van der Waals surface area contributed by atoms with Crippen LogP contribution in [0.5, 0.6) is 5.75 Å². The smallest absolute Gasteiger partial charge is 0.126 e. The molecular formula is C11H16FNO. The van der Waals surface area contributed by atoms with Crippen LogP contribution in [0.4, 0.5) is 4.39 Å². The normalized spacial score (nSPS) is 14.9. The molecule has 78 valence electrons. The molecule has 0 heterocycles. The lowest BCUT2D eigenvalue weighted by atomic mass is 9.98. The van der Waals surface area contributed by atoms with Gasteiger partial charge in [-0.05, 0) is 25.5 Å². The molecule has 0 aliphatic carbocycles. The second-order valence-corrected chi connectivity index (χ2v) is 3.37. The molecule has 14 heavy (non-hydrogen) atoms. The first-order valence-corrected chi connectivity index (χ1v) is 4.64. The summed E-state index contributed by atoms with van der Waals surface area (Å²) in [5, 5.41) is 0. The van der Waals surface area contributed by atoms with Crippen LogP contribution in [-0.4, -0.2) is 7.11 Å². The SMILES string of the molecule is COc1cccc(C(C)N)c1C(C)F. The fourth-order valence-electron chi connectivity index (χ4n) is 1.56. The number of halogens is 1. The average Bonchev–Trinajstić information content (AvgIpc) is 2.16. The minimum atomic E-state index is -1.06. The van der Waals surface area contributed by atoms with Crippen LogP contribution in [0.15, 0.2) is 18.2 Å². The van der Waals surface area contributed by atoms with Gasteiger partial charge in [0.1, 0.15) is 11.9 Å².